The van der Waals surface area contributed by atoms with Gasteiger partial charge in [0.1, 0.15) is 0 Å². The molecule has 0 aliphatic carbocycles. The summed E-state index contributed by atoms with van der Waals surface area (Å²) in [6.07, 6.45) is 1.16. The van der Waals surface area contributed by atoms with Crippen LogP contribution in [0.25, 0.3) is 0 Å². The lowest BCUT2D eigenvalue weighted by Crippen LogP contribution is -2.46. The van der Waals surface area contributed by atoms with Crippen LogP contribution in [0.2, 0.25) is 0 Å². The summed E-state index contributed by atoms with van der Waals surface area (Å²) in [5.41, 5.74) is 6.32. The number of hydrazine groups is 1. The number of nitrogens with one attached hydrogen (secondary N) is 1. The Morgan fingerprint density at radius 2 is 1.74 bits per heavy atom. The van der Waals surface area contributed by atoms with E-state index in [1.165, 1.54) is 11.1 Å². The van der Waals surface area contributed by atoms with Crippen molar-refractivity contribution in [2.75, 3.05) is 26.3 Å². The van der Waals surface area contributed by atoms with Crippen molar-refractivity contribution in [2.24, 2.45) is 5.92 Å². The van der Waals surface area contributed by atoms with Gasteiger partial charge in [-0.25, -0.2) is 10.4 Å². The van der Waals surface area contributed by atoms with E-state index in [1.54, 1.807) is 0 Å². The van der Waals surface area contributed by atoms with E-state index in [9.17, 15) is 0 Å². The van der Waals surface area contributed by atoms with Crippen LogP contribution < -0.4 is 5.43 Å². The van der Waals surface area contributed by atoms with Crippen LogP contribution in [0, 0.1) is 5.92 Å². The maximum atomic E-state index is 5.36. The highest BCUT2D eigenvalue weighted by atomic mass is 16.5. The molecule has 3 nitrogen and oxygen atoms in total. The van der Waals surface area contributed by atoms with E-state index in [0.29, 0.717) is 6.04 Å². The zero-order valence-electron chi connectivity index (χ0n) is 12.4. The summed E-state index contributed by atoms with van der Waals surface area (Å²) in [4.78, 5) is 0. The lowest BCUT2D eigenvalue weighted by molar-refractivity contribution is 0.00484. The van der Waals surface area contributed by atoms with Gasteiger partial charge in [0.25, 0.3) is 0 Å². The summed E-state index contributed by atoms with van der Waals surface area (Å²) in [6.45, 7) is 10.3. The molecule has 1 aromatic rings. The molecular formula is C16H26N2O. The minimum absolute atomic E-state index is 0.353. The normalized spacial score (nSPS) is 18.7. The maximum absolute atomic E-state index is 5.36. The molecule has 0 amide bonds. The number of morpholine rings is 1. The molecule has 1 aromatic carbocycles. The summed E-state index contributed by atoms with van der Waals surface area (Å²) in [7, 11) is 0. The van der Waals surface area contributed by atoms with E-state index < -0.39 is 0 Å². The first-order chi connectivity index (χ1) is 9.15. The molecule has 0 radical (unpaired) electrons. The van der Waals surface area contributed by atoms with Gasteiger partial charge in [-0.15, -0.1) is 0 Å². The fraction of sp³-hybridized carbons (Fsp3) is 0.625. The van der Waals surface area contributed by atoms with Crippen LogP contribution in [0.15, 0.2) is 24.3 Å². The van der Waals surface area contributed by atoms with Crippen molar-refractivity contribution in [1.29, 1.82) is 0 Å². The third kappa shape index (κ3) is 4.60. The van der Waals surface area contributed by atoms with Crippen LogP contribution in [-0.4, -0.2) is 31.3 Å². The standard InChI is InChI=1S/C16H26N2O/c1-13(2)12-15-4-6-16(7-5-15)14(3)17-18-8-10-19-11-9-18/h4-7,13-14,17H,8-12H2,1-3H3. The Morgan fingerprint density at radius 1 is 1.11 bits per heavy atom. The Labute approximate surface area is 116 Å². The van der Waals surface area contributed by atoms with Gasteiger partial charge < -0.3 is 4.74 Å². The fourth-order valence-corrected chi connectivity index (χ4v) is 2.45. The Bertz CT molecular complexity index is 369. The Hall–Kier alpha value is -0.900. The summed E-state index contributed by atoms with van der Waals surface area (Å²) in [5, 5.41) is 2.26. The van der Waals surface area contributed by atoms with E-state index in [-0.39, 0.29) is 0 Å². The highest BCUT2D eigenvalue weighted by molar-refractivity contribution is 5.24. The predicted molar refractivity (Wildman–Crippen MR) is 78.9 cm³/mol. The average molecular weight is 262 g/mol. The molecule has 19 heavy (non-hydrogen) atoms. The molecule has 1 fully saturated rings. The highest BCUT2D eigenvalue weighted by Crippen LogP contribution is 2.16. The largest absolute Gasteiger partial charge is 0.379 e. The Kier molecular flexibility index (Phi) is 5.37. The van der Waals surface area contributed by atoms with Gasteiger partial charge in [0, 0.05) is 19.1 Å². The van der Waals surface area contributed by atoms with Crippen molar-refractivity contribution in [3.8, 4) is 0 Å². The van der Waals surface area contributed by atoms with Crippen molar-refractivity contribution < 1.29 is 4.74 Å². The first kappa shape index (κ1) is 14.5. The second-order valence-electron chi connectivity index (χ2n) is 5.79. The first-order valence-corrected chi connectivity index (χ1v) is 7.33. The second kappa shape index (κ2) is 7.04. The lowest BCUT2D eigenvalue weighted by atomic mass is 10.00. The van der Waals surface area contributed by atoms with E-state index in [2.05, 4.69) is 55.5 Å². The lowest BCUT2D eigenvalue weighted by Gasteiger charge is -2.30. The third-order valence-corrected chi connectivity index (χ3v) is 3.51. The highest BCUT2D eigenvalue weighted by Gasteiger charge is 2.13. The summed E-state index contributed by atoms with van der Waals surface area (Å²) < 4.78 is 5.36. The molecule has 106 valence electrons. The SMILES string of the molecule is CC(C)Cc1ccc(C(C)NN2CCOCC2)cc1. The van der Waals surface area contributed by atoms with Gasteiger partial charge in [0.05, 0.1) is 13.2 Å². The second-order valence-corrected chi connectivity index (χ2v) is 5.79. The molecule has 0 aromatic heterocycles. The number of ether oxygens (including phenoxy) is 1. The molecular weight excluding hydrogens is 236 g/mol. The van der Waals surface area contributed by atoms with Gasteiger partial charge in [-0.1, -0.05) is 38.1 Å². The van der Waals surface area contributed by atoms with Crippen molar-refractivity contribution in [3.05, 3.63) is 35.4 Å². The fourth-order valence-electron chi connectivity index (χ4n) is 2.45. The smallest absolute Gasteiger partial charge is 0.0608 e. The molecule has 1 atom stereocenters. The number of hydrogen-bond acceptors (Lipinski definition) is 3. The van der Waals surface area contributed by atoms with Gasteiger partial charge in [-0.2, -0.15) is 0 Å². The molecule has 1 aliphatic rings. The van der Waals surface area contributed by atoms with Gasteiger partial charge in [-0.05, 0) is 30.4 Å². The molecule has 1 saturated heterocycles. The Morgan fingerprint density at radius 3 is 2.32 bits per heavy atom. The van der Waals surface area contributed by atoms with E-state index in [0.717, 1.165) is 38.6 Å². The molecule has 1 N–H and O–H groups in total. The van der Waals surface area contributed by atoms with Crippen LogP contribution in [0.5, 0.6) is 0 Å². The average Bonchev–Trinajstić information content (AvgIpc) is 2.40. The molecule has 1 heterocycles. The number of hydrogen-bond donors (Lipinski definition) is 1. The minimum atomic E-state index is 0.353. The molecule has 0 bridgehead atoms. The van der Waals surface area contributed by atoms with Crippen LogP contribution in [0.1, 0.15) is 37.9 Å². The van der Waals surface area contributed by atoms with Crippen LogP contribution >= 0.6 is 0 Å². The Balaban J connectivity index is 1.89. The van der Waals surface area contributed by atoms with Crippen molar-refractivity contribution in [1.82, 2.24) is 10.4 Å². The third-order valence-electron chi connectivity index (χ3n) is 3.51. The van der Waals surface area contributed by atoms with Gasteiger partial charge in [-0.3, -0.25) is 0 Å². The topological polar surface area (TPSA) is 24.5 Å². The monoisotopic (exact) mass is 262 g/mol. The van der Waals surface area contributed by atoms with Gasteiger partial charge in [0.2, 0.25) is 0 Å². The van der Waals surface area contributed by atoms with Crippen molar-refractivity contribution >= 4 is 0 Å². The summed E-state index contributed by atoms with van der Waals surface area (Å²) in [5.74, 6) is 0.717. The van der Waals surface area contributed by atoms with E-state index >= 15 is 0 Å². The minimum Gasteiger partial charge on any atom is -0.379 e. The molecule has 1 unspecified atom stereocenters. The summed E-state index contributed by atoms with van der Waals surface area (Å²) in [6, 6.07) is 9.36. The molecule has 1 aliphatic heterocycles. The van der Waals surface area contributed by atoms with Crippen LogP contribution in [0.4, 0.5) is 0 Å². The molecule has 0 spiro atoms. The van der Waals surface area contributed by atoms with Crippen LogP contribution in [-0.2, 0) is 11.2 Å². The van der Waals surface area contributed by atoms with Gasteiger partial charge in [0.15, 0.2) is 0 Å². The van der Waals surface area contributed by atoms with Crippen molar-refractivity contribution in [2.45, 2.75) is 33.2 Å². The maximum Gasteiger partial charge on any atom is 0.0608 e. The van der Waals surface area contributed by atoms with E-state index in [1.807, 2.05) is 0 Å². The molecule has 2 rings (SSSR count). The predicted octanol–water partition coefficient (Wildman–Crippen LogP) is 2.78. The zero-order valence-corrected chi connectivity index (χ0v) is 12.4. The van der Waals surface area contributed by atoms with Crippen molar-refractivity contribution in [3.63, 3.8) is 0 Å². The van der Waals surface area contributed by atoms with Crippen LogP contribution in [0.3, 0.4) is 0 Å². The number of rotatable bonds is 5. The molecule has 3 heteroatoms. The van der Waals surface area contributed by atoms with E-state index in [4.69, 9.17) is 4.74 Å². The number of nitrogens with zero attached hydrogens (tertiary/aromatic N) is 1. The zero-order chi connectivity index (χ0) is 13.7. The first-order valence-electron chi connectivity index (χ1n) is 7.33. The number of benzene rings is 1. The van der Waals surface area contributed by atoms with Gasteiger partial charge >= 0.3 is 0 Å². The quantitative estimate of drug-likeness (QED) is 0.883. The molecule has 0 saturated carbocycles. The summed E-state index contributed by atoms with van der Waals surface area (Å²) >= 11 is 0.